The molecule has 1 aromatic carbocycles. The number of rotatable bonds is 10. The summed E-state index contributed by atoms with van der Waals surface area (Å²) < 4.78 is 21.2. The number of allylic oxidation sites excluding steroid dienone is 1. The first kappa shape index (κ1) is 31.1. The number of ether oxygens (including phenoxy) is 1. The van der Waals surface area contributed by atoms with Gasteiger partial charge in [-0.15, -0.1) is 0 Å². The van der Waals surface area contributed by atoms with Crippen LogP contribution in [0.3, 0.4) is 0 Å². The number of hydrogen-bond acceptors (Lipinski definition) is 6. The Hall–Kier alpha value is -4.48. The van der Waals surface area contributed by atoms with Gasteiger partial charge in [-0.2, -0.15) is 0 Å². The summed E-state index contributed by atoms with van der Waals surface area (Å²) in [4.78, 5) is 58.9. The van der Waals surface area contributed by atoms with Crippen molar-refractivity contribution < 1.29 is 23.5 Å². The minimum atomic E-state index is -1.23. The highest BCUT2D eigenvalue weighted by atomic mass is 19.1. The van der Waals surface area contributed by atoms with Crippen molar-refractivity contribution in [2.24, 2.45) is 5.41 Å². The van der Waals surface area contributed by atoms with Crippen LogP contribution < -0.4 is 16.2 Å². The normalized spacial score (nSPS) is 13.1. The summed E-state index contributed by atoms with van der Waals surface area (Å²) in [5, 5.41) is 5.03. The van der Waals surface area contributed by atoms with Crippen molar-refractivity contribution in [3.8, 4) is 0 Å². The Morgan fingerprint density at radius 1 is 1.20 bits per heavy atom. The SMILES string of the molecule is COC(=O)N[C@@H](CC/C=C/C(=O)N(C)C)C(=O)Nc1cccn(Cc2nc3cccc(C(F)C(C)(C)C)c3[nH]2)c1=O. The molecule has 11 nitrogen and oxygen atoms in total. The van der Waals surface area contributed by atoms with E-state index in [-0.39, 0.29) is 24.6 Å². The van der Waals surface area contributed by atoms with E-state index in [2.05, 4.69) is 25.3 Å². The number of methoxy groups -OCH3 is 1. The van der Waals surface area contributed by atoms with Crippen molar-refractivity contribution in [3.05, 3.63) is 70.4 Å². The van der Waals surface area contributed by atoms with E-state index >= 15 is 4.39 Å². The lowest BCUT2D eigenvalue weighted by Gasteiger charge is -2.24. The van der Waals surface area contributed by atoms with Crippen LogP contribution in [-0.4, -0.2) is 64.6 Å². The van der Waals surface area contributed by atoms with Crippen molar-refractivity contribution in [2.45, 2.75) is 52.4 Å². The molecule has 3 rings (SSSR count). The number of para-hydroxylation sites is 1. The van der Waals surface area contributed by atoms with Gasteiger partial charge in [-0.3, -0.25) is 14.4 Å². The van der Waals surface area contributed by atoms with Crippen LogP contribution in [0.5, 0.6) is 0 Å². The van der Waals surface area contributed by atoms with E-state index < -0.39 is 35.2 Å². The predicted molar refractivity (Wildman–Crippen MR) is 154 cm³/mol. The number of fused-ring (bicyclic) bond motifs is 1. The number of likely N-dealkylation sites (N-methyl/N-ethyl adjacent to an activating group) is 1. The third kappa shape index (κ3) is 8.03. The smallest absolute Gasteiger partial charge is 0.407 e. The second-order valence-corrected chi connectivity index (χ2v) is 10.9. The maximum atomic E-state index is 15.2. The van der Waals surface area contributed by atoms with Gasteiger partial charge in [0.2, 0.25) is 11.8 Å². The maximum Gasteiger partial charge on any atom is 0.407 e. The summed E-state index contributed by atoms with van der Waals surface area (Å²) in [6.45, 7) is 5.52. The van der Waals surface area contributed by atoms with Crippen molar-refractivity contribution in [3.63, 3.8) is 0 Å². The third-order valence-electron chi connectivity index (χ3n) is 6.35. The topological polar surface area (TPSA) is 138 Å². The average molecular weight is 569 g/mol. The Morgan fingerprint density at radius 3 is 2.59 bits per heavy atom. The van der Waals surface area contributed by atoms with E-state index in [1.165, 1.54) is 28.7 Å². The number of nitrogens with zero attached hydrogens (tertiary/aromatic N) is 3. The number of nitrogens with one attached hydrogen (secondary N) is 3. The molecule has 1 unspecified atom stereocenters. The van der Waals surface area contributed by atoms with Crippen molar-refractivity contribution >= 4 is 34.6 Å². The number of aromatic nitrogens is 3. The summed E-state index contributed by atoms with van der Waals surface area (Å²) in [5.74, 6) is -0.387. The second kappa shape index (κ2) is 13.2. The molecular formula is C29H37FN6O5. The largest absolute Gasteiger partial charge is 0.453 e. The van der Waals surface area contributed by atoms with E-state index in [1.54, 1.807) is 50.6 Å². The fourth-order valence-electron chi connectivity index (χ4n) is 4.06. The zero-order valence-corrected chi connectivity index (χ0v) is 24.2. The first-order chi connectivity index (χ1) is 19.3. The summed E-state index contributed by atoms with van der Waals surface area (Å²) in [5.41, 5.74) is 0.546. The second-order valence-electron chi connectivity index (χ2n) is 10.9. The molecule has 2 aromatic heterocycles. The Balaban J connectivity index is 1.79. The van der Waals surface area contributed by atoms with Gasteiger partial charge in [0, 0.05) is 25.9 Å². The molecule has 0 radical (unpaired) electrons. The van der Waals surface area contributed by atoms with Crippen LogP contribution in [0.15, 0.2) is 53.5 Å². The highest BCUT2D eigenvalue weighted by Crippen LogP contribution is 2.38. The number of imidazole rings is 1. The van der Waals surface area contributed by atoms with E-state index in [0.717, 1.165) is 0 Å². The van der Waals surface area contributed by atoms with Gasteiger partial charge in [0.1, 0.15) is 23.7 Å². The number of carbonyl (C=O) groups is 3. The first-order valence-electron chi connectivity index (χ1n) is 13.2. The van der Waals surface area contributed by atoms with E-state index in [0.29, 0.717) is 28.8 Å². The Morgan fingerprint density at radius 2 is 1.93 bits per heavy atom. The van der Waals surface area contributed by atoms with Crippen molar-refractivity contribution in [1.29, 1.82) is 0 Å². The highest BCUT2D eigenvalue weighted by molar-refractivity contribution is 5.96. The Labute approximate surface area is 237 Å². The number of aromatic amines is 1. The van der Waals surface area contributed by atoms with Gasteiger partial charge in [-0.05, 0) is 42.5 Å². The fourth-order valence-corrected chi connectivity index (χ4v) is 4.06. The standard InChI is InChI=1S/C29H37FN6O5/c1-29(2,3)25(30)18-11-9-13-19-24(18)34-22(31-19)17-36-16-10-14-21(27(36)39)32-26(38)20(33-28(40)41-6)12-7-8-15-23(37)35(4)5/h8-11,13-16,20,25H,7,12,17H2,1-6H3,(H,31,34)(H,32,38)(H,33,40)/b15-8+/t20-,25?/m0/s1. The van der Waals surface area contributed by atoms with Crippen LogP contribution in [0.2, 0.25) is 0 Å². The van der Waals surface area contributed by atoms with E-state index in [1.807, 2.05) is 20.8 Å². The zero-order valence-electron chi connectivity index (χ0n) is 24.2. The van der Waals surface area contributed by atoms with Gasteiger partial charge in [0.15, 0.2) is 0 Å². The molecule has 3 aromatic rings. The number of benzene rings is 1. The van der Waals surface area contributed by atoms with Crippen LogP contribution in [0.25, 0.3) is 11.0 Å². The summed E-state index contributed by atoms with van der Waals surface area (Å²) in [7, 11) is 4.41. The highest BCUT2D eigenvalue weighted by Gasteiger charge is 2.28. The molecule has 3 amide bonds. The van der Waals surface area contributed by atoms with Gasteiger partial charge in [0.05, 0.1) is 24.7 Å². The minimum absolute atomic E-state index is 0.000786. The number of H-pyrrole nitrogens is 1. The van der Waals surface area contributed by atoms with Crippen LogP contribution in [0.4, 0.5) is 14.9 Å². The van der Waals surface area contributed by atoms with Crippen LogP contribution >= 0.6 is 0 Å². The Kier molecular flexibility index (Phi) is 10.0. The molecule has 12 heteroatoms. The van der Waals surface area contributed by atoms with Crippen LogP contribution in [-0.2, 0) is 20.9 Å². The van der Waals surface area contributed by atoms with Gasteiger partial charge >= 0.3 is 6.09 Å². The monoisotopic (exact) mass is 568 g/mol. The molecule has 0 saturated heterocycles. The van der Waals surface area contributed by atoms with Gasteiger partial charge in [-0.1, -0.05) is 39.0 Å². The lowest BCUT2D eigenvalue weighted by molar-refractivity contribution is -0.123. The molecule has 0 aliphatic carbocycles. The number of alkyl carbamates (subject to hydrolysis) is 1. The number of pyridine rings is 1. The molecular weight excluding hydrogens is 531 g/mol. The lowest BCUT2D eigenvalue weighted by atomic mass is 9.85. The number of anilines is 1. The molecule has 220 valence electrons. The summed E-state index contributed by atoms with van der Waals surface area (Å²) >= 11 is 0. The third-order valence-corrected chi connectivity index (χ3v) is 6.35. The first-order valence-corrected chi connectivity index (χ1v) is 13.2. The molecule has 0 spiro atoms. The van der Waals surface area contributed by atoms with Gasteiger partial charge < -0.3 is 29.8 Å². The van der Waals surface area contributed by atoms with Crippen molar-refractivity contribution in [1.82, 2.24) is 24.8 Å². The van der Waals surface area contributed by atoms with Crippen molar-refractivity contribution in [2.75, 3.05) is 26.5 Å². The summed E-state index contributed by atoms with van der Waals surface area (Å²) in [6, 6.07) is 7.26. The molecule has 0 fully saturated rings. The summed E-state index contributed by atoms with van der Waals surface area (Å²) in [6.07, 6.45) is 2.96. The van der Waals surface area contributed by atoms with Crippen LogP contribution in [0, 0.1) is 5.41 Å². The molecule has 0 aliphatic heterocycles. The predicted octanol–water partition coefficient (Wildman–Crippen LogP) is 3.92. The molecule has 2 heterocycles. The number of alkyl halides is 1. The fraction of sp³-hybridized carbons (Fsp3) is 0.414. The molecule has 3 N–H and O–H groups in total. The number of carbonyl (C=O) groups excluding carboxylic acids is 3. The average Bonchev–Trinajstić information content (AvgIpc) is 3.33. The number of hydrogen-bond donors (Lipinski definition) is 3. The molecule has 2 atom stereocenters. The van der Waals surface area contributed by atoms with E-state index in [4.69, 9.17) is 0 Å². The number of halogens is 1. The van der Waals surface area contributed by atoms with Crippen LogP contribution in [0.1, 0.15) is 51.2 Å². The molecule has 0 saturated carbocycles. The quantitative estimate of drug-likeness (QED) is 0.317. The van der Waals surface area contributed by atoms with Gasteiger partial charge in [0.25, 0.3) is 5.56 Å². The molecule has 41 heavy (non-hydrogen) atoms. The Bertz CT molecular complexity index is 1490. The van der Waals surface area contributed by atoms with Gasteiger partial charge in [-0.25, -0.2) is 14.2 Å². The minimum Gasteiger partial charge on any atom is -0.453 e. The molecule has 0 bridgehead atoms. The lowest BCUT2D eigenvalue weighted by Crippen LogP contribution is -2.44. The number of amides is 3. The van der Waals surface area contributed by atoms with E-state index in [9.17, 15) is 19.2 Å². The molecule has 0 aliphatic rings. The zero-order chi connectivity index (χ0) is 30.3. The maximum absolute atomic E-state index is 15.2.